The fraction of sp³-hybridized carbons (Fsp3) is 0.727. The molecule has 2 N–H and O–H groups in total. The number of carboxylic acids is 1. The third kappa shape index (κ3) is 6.94. The van der Waals surface area contributed by atoms with Crippen molar-refractivity contribution in [2.24, 2.45) is 0 Å². The standard InChI is InChI=1S/C11H19N3O5S/c1-8(4-6-12)14(2)11(17)13-9(10(15)16)5-7-20(3,18)19/h8-9H,4-5,7H2,1-3H3,(H,13,17)(H,15,16). The number of urea groups is 1. The smallest absolute Gasteiger partial charge is 0.326 e. The summed E-state index contributed by atoms with van der Waals surface area (Å²) in [4.78, 5) is 24.0. The van der Waals surface area contributed by atoms with Gasteiger partial charge in [-0.25, -0.2) is 18.0 Å². The molecule has 0 aliphatic carbocycles. The summed E-state index contributed by atoms with van der Waals surface area (Å²) in [6, 6.07) is -0.406. The molecule has 0 radical (unpaired) electrons. The Hall–Kier alpha value is -1.82. The third-order valence-electron chi connectivity index (χ3n) is 2.74. The van der Waals surface area contributed by atoms with Gasteiger partial charge in [0.05, 0.1) is 18.2 Å². The highest BCUT2D eigenvalue weighted by atomic mass is 32.2. The Balaban J connectivity index is 4.64. The minimum absolute atomic E-state index is 0.116. The van der Waals surface area contributed by atoms with Crippen molar-refractivity contribution in [2.75, 3.05) is 19.1 Å². The van der Waals surface area contributed by atoms with E-state index in [0.717, 1.165) is 6.26 Å². The molecular formula is C11H19N3O5S. The van der Waals surface area contributed by atoms with Crippen molar-refractivity contribution in [2.45, 2.75) is 31.8 Å². The van der Waals surface area contributed by atoms with Gasteiger partial charge in [0.1, 0.15) is 15.9 Å². The molecule has 2 atom stereocenters. The van der Waals surface area contributed by atoms with Gasteiger partial charge in [0, 0.05) is 19.3 Å². The lowest BCUT2D eigenvalue weighted by atomic mass is 10.2. The minimum atomic E-state index is -3.30. The molecule has 0 aromatic rings. The van der Waals surface area contributed by atoms with E-state index < -0.39 is 27.9 Å². The van der Waals surface area contributed by atoms with Crippen LogP contribution in [0.2, 0.25) is 0 Å². The molecule has 2 amide bonds. The molecule has 114 valence electrons. The van der Waals surface area contributed by atoms with Gasteiger partial charge in [-0.2, -0.15) is 5.26 Å². The number of carbonyl (C=O) groups is 2. The Labute approximate surface area is 118 Å². The zero-order chi connectivity index (χ0) is 15.9. The van der Waals surface area contributed by atoms with Crippen LogP contribution < -0.4 is 5.32 Å². The normalized spacial score (nSPS) is 13.9. The van der Waals surface area contributed by atoms with Crippen LogP contribution in [0.5, 0.6) is 0 Å². The molecule has 0 aromatic heterocycles. The second kappa shape index (κ2) is 7.69. The van der Waals surface area contributed by atoms with Gasteiger partial charge in [0.2, 0.25) is 0 Å². The van der Waals surface area contributed by atoms with Gasteiger partial charge >= 0.3 is 12.0 Å². The van der Waals surface area contributed by atoms with Gasteiger partial charge in [-0.15, -0.1) is 0 Å². The first kappa shape index (κ1) is 18.2. The summed E-state index contributed by atoms with van der Waals surface area (Å²) in [5, 5.41) is 19.7. The van der Waals surface area contributed by atoms with E-state index in [1.807, 2.05) is 6.07 Å². The molecule has 0 bridgehead atoms. The van der Waals surface area contributed by atoms with E-state index in [4.69, 9.17) is 10.4 Å². The first-order chi connectivity index (χ1) is 9.08. The molecule has 20 heavy (non-hydrogen) atoms. The summed E-state index contributed by atoms with van der Waals surface area (Å²) in [7, 11) is -1.87. The Morgan fingerprint density at radius 1 is 1.45 bits per heavy atom. The number of sulfone groups is 1. The van der Waals surface area contributed by atoms with E-state index in [-0.39, 0.29) is 24.6 Å². The highest BCUT2D eigenvalue weighted by molar-refractivity contribution is 7.90. The van der Waals surface area contributed by atoms with Gasteiger partial charge in [-0.3, -0.25) is 0 Å². The first-order valence-corrected chi connectivity index (χ1v) is 7.95. The number of hydrogen-bond acceptors (Lipinski definition) is 5. The summed E-state index contributed by atoms with van der Waals surface area (Å²) in [6.45, 7) is 1.65. The largest absolute Gasteiger partial charge is 0.480 e. The molecule has 0 rings (SSSR count). The van der Waals surface area contributed by atoms with E-state index in [0.29, 0.717) is 0 Å². The minimum Gasteiger partial charge on any atom is -0.480 e. The van der Waals surface area contributed by atoms with Gasteiger partial charge in [0.15, 0.2) is 0 Å². The van der Waals surface area contributed by atoms with Crippen LogP contribution in [0.15, 0.2) is 0 Å². The molecule has 0 aliphatic heterocycles. The first-order valence-electron chi connectivity index (χ1n) is 5.89. The lowest BCUT2D eigenvalue weighted by Gasteiger charge is -2.25. The summed E-state index contributed by atoms with van der Waals surface area (Å²) in [6.07, 6.45) is 0.903. The molecule has 0 spiro atoms. The number of aliphatic carboxylic acids is 1. The number of nitriles is 1. The fourth-order valence-corrected chi connectivity index (χ4v) is 1.97. The zero-order valence-electron chi connectivity index (χ0n) is 11.7. The van der Waals surface area contributed by atoms with Gasteiger partial charge in [0.25, 0.3) is 0 Å². The Morgan fingerprint density at radius 3 is 2.40 bits per heavy atom. The average Bonchev–Trinajstić information content (AvgIpc) is 2.31. The van der Waals surface area contributed by atoms with Crippen LogP contribution in [-0.4, -0.2) is 61.6 Å². The molecule has 0 fully saturated rings. The van der Waals surface area contributed by atoms with E-state index in [1.54, 1.807) is 6.92 Å². The van der Waals surface area contributed by atoms with Crippen LogP contribution in [0.25, 0.3) is 0 Å². The van der Waals surface area contributed by atoms with Crippen LogP contribution in [0.1, 0.15) is 19.8 Å². The molecule has 0 saturated carbocycles. The van der Waals surface area contributed by atoms with E-state index in [9.17, 15) is 18.0 Å². The maximum absolute atomic E-state index is 11.8. The maximum Gasteiger partial charge on any atom is 0.326 e. The molecule has 0 aliphatic rings. The maximum atomic E-state index is 11.8. The number of nitrogens with zero attached hydrogens (tertiary/aromatic N) is 2. The van der Waals surface area contributed by atoms with Gasteiger partial charge in [-0.05, 0) is 13.3 Å². The number of amides is 2. The monoisotopic (exact) mass is 305 g/mol. The number of hydrogen-bond donors (Lipinski definition) is 2. The average molecular weight is 305 g/mol. The van der Waals surface area contributed by atoms with Gasteiger partial charge < -0.3 is 15.3 Å². The molecule has 8 nitrogen and oxygen atoms in total. The van der Waals surface area contributed by atoms with Crippen LogP contribution in [-0.2, 0) is 14.6 Å². The van der Waals surface area contributed by atoms with Crippen LogP contribution in [0.4, 0.5) is 4.79 Å². The highest BCUT2D eigenvalue weighted by Gasteiger charge is 2.24. The Bertz CT molecular complexity index is 497. The summed E-state index contributed by atoms with van der Waals surface area (Å²) >= 11 is 0. The van der Waals surface area contributed by atoms with Crippen molar-refractivity contribution in [3.05, 3.63) is 0 Å². The Kier molecular flexibility index (Phi) is 6.99. The van der Waals surface area contributed by atoms with Crippen molar-refractivity contribution in [3.63, 3.8) is 0 Å². The van der Waals surface area contributed by atoms with E-state index in [1.165, 1.54) is 11.9 Å². The topological polar surface area (TPSA) is 128 Å². The number of carboxylic acid groups (broad SMARTS) is 1. The second-order valence-corrected chi connectivity index (χ2v) is 6.84. The van der Waals surface area contributed by atoms with Crippen molar-refractivity contribution in [1.29, 1.82) is 5.26 Å². The molecule has 0 heterocycles. The predicted molar refractivity (Wildman–Crippen MR) is 71.7 cm³/mol. The van der Waals surface area contributed by atoms with Crippen molar-refractivity contribution in [1.82, 2.24) is 10.2 Å². The predicted octanol–water partition coefficient (Wildman–Crippen LogP) is -0.182. The van der Waals surface area contributed by atoms with E-state index in [2.05, 4.69) is 5.32 Å². The molecular weight excluding hydrogens is 286 g/mol. The van der Waals surface area contributed by atoms with Crippen LogP contribution >= 0.6 is 0 Å². The number of carbonyl (C=O) groups excluding carboxylic acids is 1. The van der Waals surface area contributed by atoms with Crippen LogP contribution in [0.3, 0.4) is 0 Å². The lowest BCUT2D eigenvalue weighted by Crippen LogP contribution is -2.49. The number of rotatable bonds is 7. The second-order valence-electron chi connectivity index (χ2n) is 4.58. The molecule has 2 unspecified atom stereocenters. The summed E-state index contributed by atoms with van der Waals surface area (Å²) in [5.41, 5.74) is 0. The molecule has 9 heteroatoms. The molecule has 0 aromatic carbocycles. The SMILES string of the molecule is CC(CC#N)N(C)C(=O)NC(CCS(C)(=O)=O)C(=O)O. The van der Waals surface area contributed by atoms with Crippen molar-refractivity contribution < 1.29 is 23.1 Å². The highest BCUT2D eigenvalue weighted by Crippen LogP contribution is 2.03. The van der Waals surface area contributed by atoms with Crippen molar-refractivity contribution in [3.8, 4) is 6.07 Å². The fourth-order valence-electron chi connectivity index (χ4n) is 1.31. The van der Waals surface area contributed by atoms with Gasteiger partial charge in [-0.1, -0.05) is 0 Å². The Morgan fingerprint density at radius 2 is 2.00 bits per heavy atom. The quantitative estimate of drug-likeness (QED) is 0.671. The van der Waals surface area contributed by atoms with E-state index >= 15 is 0 Å². The summed E-state index contributed by atoms with van der Waals surface area (Å²) < 4.78 is 22.0. The van der Waals surface area contributed by atoms with Crippen molar-refractivity contribution >= 4 is 21.8 Å². The zero-order valence-corrected chi connectivity index (χ0v) is 12.5. The molecule has 0 saturated heterocycles. The number of nitrogens with one attached hydrogen (secondary N) is 1. The lowest BCUT2D eigenvalue weighted by molar-refractivity contribution is -0.139. The summed E-state index contributed by atoms with van der Waals surface area (Å²) in [5.74, 6) is -1.63. The third-order valence-corrected chi connectivity index (χ3v) is 3.72. The van der Waals surface area contributed by atoms with Crippen LogP contribution in [0, 0.1) is 11.3 Å².